The number of hydrogen-bond acceptors (Lipinski definition) is 5. The van der Waals surface area contributed by atoms with Crippen LogP contribution in [0.15, 0.2) is 53.9 Å². The summed E-state index contributed by atoms with van der Waals surface area (Å²) in [5.41, 5.74) is 1.06. The molecule has 0 aromatic heterocycles. The predicted octanol–water partition coefficient (Wildman–Crippen LogP) is 3.55. The number of ether oxygens (including phenoxy) is 1. The van der Waals surface area contributed by atoms with Gasteiger partial charge in [0.25, 0.3) is 5.91 Å². The number of nitrogens with zero attached hydrogens (tertiary/aromatic N) is 2. The standard InChI is InChI=1S/C23H19F2N3O4S/c1-2-32-18-5-3-14(4-6-18)12-28-22(30)21-19(7-8-33-21)27(23(28)31)13-20(29)26-17-10-15(24)9-16(25)11-17/h3-11,21H,2,12-13H2,1H3/p+1. The predicted molar refractivity (Wildman–Crippen MR) is 119 cm³/mol. The summed E-state index contributed by atoms with van der Waals surface area (Å²) in [5.74, 6) is -2.02. The van der Waals surface area contributed by atoms with Gasteiger partial charge in [-0.2, -0.15) is 14.3 Å². The van der Waals surface area contributed by atoms with Crippen molar-refractivity contribution in [3.05, 3.63) is 71.1 Å². The van der Waals surface area contributed by atoms with E-state index in [4.69, 9.17) is 4.74 Å². The fourth-order valence-electron chi connectivity index (χ4n) is 3.57. The van der Waals surface area contributed by atoms with Crippen molar-refractivity contribution >= 4 is 41.0 Å². The van der Waals surface area contributed by atoms with E-state index in [-0.39, 0.29) is 18.1 Å². The van der Waals surface area contributed by atoms with Gasteiger partial charge in [0, 0.05) is 11.8 Å². The third-order valence-electron chi connectivity index (χ3n) is 5.01. The fourth-order valence-corrected chi connectivity index (χ4v) is 4.53. The molecule has 0 saturated heterocycles. The molecular weight excluding hydrogens is 452 g/mol. The lowest BCUT2D eigenvalue weighted by Gasteiger charge is -2.24. The van der Waals surface area contributed by atoms with Gasteiger partial charge in [0.15, 0.2) is 11.8 Å². The third-order valence-corrected chi connectivity index (χ3v) is 6.02. The minimum Gasteiger partial charge on any atom is -0.494 e. The number of nitrogens with one attached hydrogen (secondary N) is 1. The number of halogens is 2. The highest BCUT2D eigenvalue weighted by molar-refractivity contribution is 8.04. The molecule has 1 unspecified atom stereocenters. The number of thioether (sulfide) groups is 1. The number of carbonyl (C=O) groups is 3. The number of rotatable bonds is 7. The highest BCUT2D eigenvalue weighted by Gasteiger charge is 2.49. The van der Waals surface area contributed by atoms with Crippen molar-refractivity contribution < 1.29 is 32.5 Å². The molecule has 2 aliphatic heterocycles. The highest BCUT2D eigenvalue weighted by Crippen LogP contribution is 2.29. The smallest absolute Gasteiger partial charge is 0.494 e. The number of carbonyl (C=O) groups excluding carboxylic acids is 3. The average molecular weight is 472 g/mol. The zero-order chi connectivity index (χ0) is 23.5. The van der Waals surface area contributed by atoms with Gasteiger partial charge >= 0.3 is 11.9 Å². The topological polar surface area (TPSA) is 78.7 Å². The van der Waals surface area contributed by atoms with Gasteiger partial charge in [0.05, 0.1) is 6.61 Å². The molecule has 170 valence electrons. The molecule has 2 aromatic carbocycles. The largest absolute Gasteiger partial charge is 0.501 e. The molecule has 0 fully saturated rings. The second-order valence-corrected chi connectivity index (χ2v) is 8.34. The number of imide groups is 1. The Balaban J connectivity index is 1.54. The Hall–Kier alpha value is -3.53. The second-order valence-electron chi connectivity index (χ2n) is 7.32. The first-order chi connectivity index (χ1) is 15.9. The summed E-state index contributed by atoms with van der Waals surface area (Å²) in [7, 11) is 0. The number of amides is 4. The lowest BCUT2D eigenvalue weighted by atomic mass is 10.1. The van der Waals surface area contributed by atoms with E-state index in [9.17, 15) is 23.2 Å². The highest BCUT2D eigenvalue weighted by atomic mass is 32.2. The molecule has 1 atom stereocenters. The van der Waals surface area contributed by atoms with Crippen LogP contribution in [-0.2, 0) is 16.1 Å². The fraction of sp³-hybridized carbons (Fsp3) is 0.217. The molecule has 1 N–H and O–H groups in total. The molecule has 2 aromatic rings. The van der Waals surface area contributed by atoms with Crippen LogP contribution in [0.2, 0.25) is 0 Å². The Morgan fingerprint density at radius 1 is 1.15 bits per heavy atom. The van der Waals surface area contributed by atoms with E-state index in [1.807, 2.05) is 6.92 Å². The van der Waals surface area contributed by atoms with Gasteiger partial charge < -0.3 is 10.1 Å². The quantitative estimate of drug-likeness (QED) is 0.624. The zero-order valence-electron chi connectivity index (χ0n) is 17.6. The minimum absolute atomic E-state index is 0.0294. The maximum absolute atomic E-state index is 13.4. The molecule has 0 spiro atoms. The number of urea groups is 1. The molecule has 7 nitrogen and oxygen atoms in total. The molecular formula is C23H20F2N3O4S+. The van der Waals surface area contributed by atoms with Gasteiger partial charge in [-0.3, -0.25) is 4.79 Å². The lowest BCUT2D eigenvalue weighted by Crippen LogP contribution is -2.55. The van der Waals surface area contributed by atoms with Gasteiger partial charge in [-0.15, -0.1) is 11.8 Å². The molecule has 0 bridgehead atoms. The van der Waals surface area contributed by atoms with Crippen LogP contribution in [0.25, 0.3) is 0 Å². The minimum atomic E-state index is -0.837. The summed E-state index contributed by atoms with van der Waals surface area (Å²) >= 11 is 1.24. The molecule has 4 amide bonds. The van der Waals surface area contributed by atoms with Crippen molar-refractivity contribution in [3.63, 3.8) is 0 Å². The number of fused-ring (bicyclic) bond motifs is 1. The number of hydrogen-bond donors (Lipinski definition) is 1. The third kappa shape index (κ3) is 4.95. The molecule has 0 radical (unpaired) electrons. The van der Waals surface area contributed by atoms with E-state index in [0.717, 1.165) is 22.6 Å². The summed E-state index contributed by atoms with van der Waals surface area (Å²) in [4.78, 5) is 39.8. The maximum Gasteiger partial charge on any atom is 0.501 e. The van der Waals surface area contributed by atoms with Crippen molar-refractivity contribution in [1.82, 2.24) is 4.90 Å². The van der Waals surface area contributed by atoms with E-state index >= 15 is 0 Å². The number of benzene rings is 2. The van der Waals surface area contributed by atoms with E-state index in [2.05, 4.69) is 5.32 Å². The van der Waals surface area contributed by atoms with Crippen LogP contribution in [0.1, 0.15) is 12.5 Å². The first kappa shape index (κ1) is 22.7. The summed E-state index contributed by atoms with van der Waals surface area (Å²) in [6, 6.07) is 9.03. The van der Waals surface area contributed by atoms with Crippen molar-refractivity contribution in [2.24, 2.45) is 0 Å². The van der Waals surface area contributed by atoms with Gasteiger partial charge in [-0.1, -0.05) is 12.1 Å². The van der Waals surface area contributed by atoms with Crippen LogP contribution in [0.4, 0.5) is 19.3 Å². The van der Waals surface area contributed by atoms with Crippen LogP contribution in [-0.4, -0.2) is 51.4 Å². The van der Waals surface area contributed by atoms with Gasteiger partial charge in [-0.25, -0.2) is 13.6 Å². The molecule has 33 heavy (non-hydrogen) atoms. The van der Waals surface area contributed by atoms with Crippen molar-refractivity contribution in [2.45, 2.75) is 18.7 Å². The van der Waals surface area contributed by atoms with Gasteiger partial charge in [0.2, 0.25) is 0 Å². The van der Waals surface area contributed by atoms with Crippen LogP contribution in [0, 0.1) is 11.6 Å². The molecule has 10 heteroatoms. The van der Waals surface area contributed by atoms with Crippen LogP contribution in [0.3, 0.4) is 0 Å². The van der Waals surface area contributed by atoms with E-state index in [1.54, 1.807) is 35.7 Å². The lowest BCUT2D eigenvalue weighted by molar-refractivity contribution is -0.426. The van der Waals surface area contributed by atoms with Crippen molar-refractivity contribution in [2.75, 3.05) is 18.5 Å². The van der Waals surface area contributed by atoms with E-state index in [0.29, 0.717) is 24.1 Å². The van der Waals surface area contributed by atoms with Crippen LogP contribution < -0.4 is 10.1 Å². The average Bonchev–Trinajstić information content (AvgIpc) is 3.25. The molecule has 2 aliphatic rings. The summed E-state index contributed by atoms with van der Waals surface area (Å²) in [6.07, 6.45) is 1.62. The zero-order valence-corrected chi connectivity index (χ0v) is 18.4. The van der Waals surface area contributed by atoms with Crippen LogP contribution in [0.5, 0.6) is 5.75 Å². The van der Waals surface area contributed by atoms with Crippen LogP contribution >= 0.6 is 11.8 Å². The van der Waals surface area contributed by atoms with E-state index in [1.165, 1.54) is 16.3 Å². The van der Waals surface area contributed by atoms with Crippen molar-refractivity contribution in [3.8, 4) is 5.75 Å². The van der Waals surface area contributed by atoms with Crippen molar-refractivity contribution in [1.29, 1.82) is 0 Å². The molecule has 0 saturated carbocycles. The van der Waals surface area contributed by atoms with Gasteiger partial charge in [0.1, 0.15) is 29.6 Å². The Kier molecular flexibility index (Phi) is 6.55. The normalized spacial score (nSPS) is 17.4. The first-order valence-corrected chi connectivity index (χ1v) is 11.1. The maximum atomic E-state index is 13.4. The van der Waals surface area contributed by atoms with E-state index < -0.39 is 35.4 Å². The Labute approximate surface area is 192 Å². The van der Waals surface area contributed by atoms with Gasteiger partial charge in [-0.05, 0) is 48.2 Å². The Morgan fingerprint density at radius 2 is 1.85 bits per heavy atom. The first-order valence-electron chi connectivity index (χ1n) is 10.1. The number of allylic oxidation sites excluding steroid dienone is 1. The number of anilines is 1. The second kappa shape index (κ2) is 9.53. The SMILES string of the molecule is CCOc1ccc(CN2C(=O)C3SC=CC3=[N+](CC(=O)Nc3cc(F)cc(F)c3)C2=O)cc1. The summed E-state index contributed by atoms with van der Waals surface area (Å²) in [6.45, 7) is 2.00. The molecule has 2 heterocycles. The monoisotopic (exact) mass is 472 g/mol. The Morgan fingerprint density at radius 3 is 2.52 bits per heavy atom. The summed E-state index contributed by atoms with van der Waals surface area (Å²) in [5, 5.41) is 3.44. The molecule has 0 aliphatic carbocycles. The molecule has 4 rings (SSSR count). The Bertz CT molecular complexity index is 1160. The summed E-state index contributed by atoms with van der Waals surface area (Å²) < 4.78 is 33.5.